The topological polar surface area (TPSA) is 27.8 Å². The van der Waals surface area contributed by atoms with E-state index in [1.54, 1.807) is 0 Å². The second-order valence-electron chi connectivity index (χ2n) is 8.09. The smallest absolute Gasteiger partial charge is 0.0456 e. The highest BCUT2D eigenvalue weighted by molar-refractivity contribution is 5.83. The molecule has 0 aliphatic carbocycles. The molecule has 0 saturated carbocycles. The molecule has 160 valence electrons. The van der Waals surface area contributed by atoms with Gasteiger partial charge in [-0.1, -0.05) is 81.5 Å². The summed E-state index contributed by atoms with van der Waals surface area (Å²) in [6, 6.07) is 8.57. The van der Waals surface area contributed by atoms with E-state index in [-0.39, 0.29) is 0 Å². The Balaban J connectivity index is 1.35. The van der Waals surface area contributed by atoms with Crippen LogP contribution in [0, 0.1) is 0 Å². The summed E-state index contributed by atoms with van der Waals surface area (Å²) >= 11 is 0. The van der Waals surface area contributed by atoms with Crippen LogP contribution in [0.25, 0.3) is 10.9 Å². The summed E-state index contributed by atoms with van der Waals surface area (Å²) in [5, 5.41) is 4.97. The van der Waals surface area contributed by atoms with Crippen molar-refractivity contribution < 1.29 is 0 Å². The van der Waals surface area contributed by atoms with Gasteiger partial charge in [0.2, 0.25) is 0 Å². The van der Waals surface area contributed by atoms with Gasteiger partial charge in [0.15, 0.2) is 0 Å². The zero-order chi connectivity index (χ0) is 20.4. The van der Waals surface area contributed by atoms with Crippen LogP contribution in [0.1, 0.15) is 83.1 Å². The van der Waals surface area contributed by atoms with E-state index in [2.05, 4.69) is 72.0 Å². The maximum Gasteiger partial charge on any atom is 0.0456 e. The van der Waals surface area contributed by atoms with E-state index in [0.717, 1.165) is 25.9 Å². The minimum Gasteiger partial charge on any atom is -0.361 e. The van der Waals surface area contributed by atoms with E-state index in [0.29, 0.717) is 0 Å². The first-order chi connectivity index (χ1) is 14.4. The summed E-state index contributed by atoms with van der Waals surface area (Å²) in [6.07, 6.45) is 27.0. The minimum absolute atomic E-state index is 1.07. The van der Waals surface area contributed by atoms with Crippen molar-refractivity contribution in [2.75, 3.05) is 13.1 Å². The van der Waals surface area contributed by atoms with E-state index in [9.17, 15) is 0 Å². The molecule has 0 fully saturated rings. The number of fused-ring (bicyclic) bond motifs is 1. The van der Waals surface area contributed by atoms with Crippen LogP contribution < -0.4 is 5.32 Å². The number of rotatable bonds is 17. The second kappa shape index (κ2) is 16.0. The number of para-hydroxylation sites is 1. The van der Waals surface area contributed by atoms with Crippen molar-refractivity contribution in [3.05, 3.63) is 60.3 Å². The molecule has 0 bridgehead atoms. The number of benzene rings is 1. The predicted molar refractivity (Wildman–Crippen MR) is 130 cm³/mol. The van der Waals surface area contributed by atoms with Crippen molar-refractivity contribution in [1.82, 2.24) is 10.3 Å². The molecule has 0 aliphatic rings. The molecule has 0 radical (unpaired) electrons. The molecular formula is C27H42N2. The first kappa shape index (κ1) is 23.5. The molecule has 1 heterocycles. The number of unbranched alkanes of at least 4 members (excludes halogenated alkanes) is 8. The van der Waals surface area contributed by atoms with Gasteiger partial charge in [-0.3, -0.25) is 0 Å². The van der Waals surface area contributed by atoms with Crippen molar-refractivity contribution in [2.45, 2.75) is 84.0 Å². The van der Waals surface area contributed by atoms with Crippen molar-refractivity contribution in [2.24, 2.45) is 0 Å². The van der Waals surface area contributed by atoms with Crippen LogP contribution >= 0.6 is 0 Å². The molecule has 2 aromatic rings. The van der Waals surface area contributed by atoms with Gasteiger partial charge in [0.25, 0.3) is 0 Å². The normalized spacial score (nSPS) is 12.0. The highest BCUT2D eigenvalue weighted by Crippen LogP contribution is 2.17. The Labute approximate surface area is 178 Å². The van der Waals surface area contributed by atoms with E-state index in [1.807, 2.05) is 0 Å². The van der Waals surface area contributed by atoms with Crippen LogP contribution in [0.4, 0.5) is 0 Å². The third-order valence-corrected chi connectivity index (χ3v) is 5.55. The number of hydrogen-bond donors (Lipinski definition) is 2. The van der Waals surface area contributed by atoms with Gasteiger partial charge >= 0.3 is 0 Å². The Kier molecular flexibility index (Phi) is 13.0. The standard InChI is InChI=1S/C27H42N2/c1-2-3-4-5-6-7-8-9-10-11-12-13-14-15-18-22-28-23-21-25-24-29-27-20-17-16-19-26(25)27/h6-7,9-10,16-17,19-20,24,28-29H,2-5,8,11-15,18,21-23H2,1H3. The highest BCUT2D eigenvalue weighted by atomic mass is 14.8. The van der Waals surface area contributed by atoms with Gasteiger partial charge in [-0.15, -0.1) is 0 Å². The van der Waals surface area contributed by atoms with Crippen molar-refractivity contribution in [3.63, 3.8) is 0 Å². The Morgan fingerprint density at radius 1 is 0.793 bits per heavy atom. The molecule has 1 aromatic carbocycles. The zero-order valence-electron chi connectivity index (χ0n) is 18.6. The second-order valence-corrected chi connectivity index (χ2v) is 8.09. The van der Waals surface area contributed by atoms with E-state index < -0.39 is 0 Å². The molecule has 0 aliphatic heterocycles. The number of nitrogens with one attached hydrogen (secondary N) is 2. The summed E-state index contributed by atoms with van der Waals surface area (Å²) in [6.45, 7) is 4.48. The summed E-state index contributed by atoms with van der Waals surface area (Å²) in [7, 11) is 0. The first-order valence-corrected chi connectivity index (χ1v) is 12.0. The minimum atomic E-state index is 1.07. The molecule has 2 N–H and O–H groups in total. The lowest BCUT2D eigenvalue weighted by Crippen LogP contribution is -2.18. The number of hydrogen-bond acceptors (Lipinski definition) is 1. The fourth-order valence-electron chi connectivity index (χ4n) is 3.75. The van der Waals surface area contributed by atoms with Gasteiger partial charge in [-0.05, 0) is 69.7 Å². The number of aromatic nitrogens is 1. The molecule has 0 amide bonds. The molecule has 0 unspecified atom stereocenters. The van der Waals surface area contributed by atoms with Gasteiger partial charge in [0, 0.05) is 17.1 Å². The summed E-state index contributed by atoms with van der Waals surface area (Å²) in [4.78, 5) is 3.36. The molecule has 2 heteroatoms. The van der Waals surface area contributed by atoms with Crippen molar-refractivity contribution in [1.29, 1.82) is 0 Å². The summed E-state index contributed by atoms with van der Waals surface area (Å²) in [5.74, 6) is 0. The summed E-state index contributed by atoms with van der Waals surface area (Å²) in [5.41, 5.74) is 2.67. The van der Waals surface area contributed by atoms with Crippen LogP contribution in [0.15, 0.2) is 54.8 Å². The Morgan fingerprint density at radius 2 is 1.52 bits per heavy atom. The molecule has 0 saturated heterocycles. The molecule has 29 heavy (non-hydrogen) atoms. The zero-order valence-corrected chi connectivity index (χ0v) is 18.6. The van der Waals surface area contributed by atoms with Gasteiger partial charge in [-0.2, -0.15) is 0 Å². The first-order valence-electron chi connectivity index (χ1n) is 12.0. The van der Waals surface area contributed by atoms with Crippen molar-refractivity contribution >= 4 is 10.9 Å². The molecule has 0 spiro atoms. The fraction of sp³-hybridized carbons (Fsp3) is 0.556. The summed E-state index contributed by atoms with van der Waals surface area (Å²) < 4.78 is 0. The van der Waals surface area contributed by atoms with Gasteiger partial charge in [-0.25, -0.2) is 0 Å². The van der Waals surface area contributed by atoms with Crippen LogP contribution in [0.3, 0.4) is 0 Å². The lowest BCUT2D eigenvalue weighted by molar-refractivity contribution is 0.578. The van der Waals surface area contributed by atoms with Gasteiger partial charge in [0.05, 0.1) is 0 Å². The average molecular weight is 395 g/mol. The lowest BCUT2D eigenvalue weighted by Gasteiger charge is -2.04. The number of H-pyrrole nitrogens is 1. The van der Waals surface area contributed by atoms with Gasteiger partial charge in [0.1, 0.15) is 0 Å². The van der Waals surface area contributed by atoms with Crippen molar-refractivity contribution in [3.8, 4) is 0 Å². The third kappa shape index (κ3) is 10.5. The largest absolute Gasteiger partial charge is 0.361 e. The average Bonchev–Trinajstić information content (AvgIpc) is 3.16. The quantitative estimate of drug-likeness (QED) is 0.208. The monoisotopic (exact) mass is 394 g/mol. The van der Waals surface area contributed by atoms with Crippen LogP contribution in [0.2, 0.25) is 0 Å². The Hall–Kier alpha value is -1.80. The van der Waals surface area contributed by atoms with E-state index in [4.69, 9.17) is 0 Å². The van der Waals surface area contributed by atoms with Crippen LogP contribution in [-0.4, -0.2) is 18.1 Å². The Morgan fingerprint density at radius 3 is 2.34 bits per heavy atom. The molecule has 0 atom stereocenters. The van der Waals surface area contributed by atoms with E-state index >= 15 is 0 Å². The molecule has 2 nitrogen and oxygen atoms in total. The number of aromatic amines is 1. The predicted octanol–water partition coefficient (Wildman–Crippen LogP) is 7.72. The molecular weight excluding hydrogens is 352 g/mol. The molecule has 1 aromatic heterocycles. The Bertz CT molecular complexity index is 695. The van der Waals surface area contributed by atoms with Crippen LogP contribution in [-0.2, 0) is 6.42 Å². The highest BCUT2D eigenvalue weighted by Gasteiger charge is 2.01. The lowest BCUT2D eigenvalue weighted by atomic mass is 10.1. The maximum absolute atomic E-state index is 3.60. The SMILES string of the molecule is CCCCCC=CCC=CCCCCCCCNCCc1c[nH]c2ccccc12. The number of allylic oxidation sites excluding steroid dienone is 4. The van der Waals surface area contributed by atoms with Gasteiger partial charge < -0.3 is 10.3 Å². The molecule has 2 rings (SSSR count). The third-order valence-electron chi connectivity index (χ3n) is 5.55. The fourth-order valence-corrected chi connectivity index (χ4v) is 3.75. The van der Waals surface area contributed by atoms with E-state index in [1.165, 1.54) is 80.7 Å². The van der Waals surface area contributed by atoms with Crippen LogP contribution in [0.5, 0.6) is 0 Å². The maximum atomic E-state index is 3.60.